The number of benzene rings is 1. The molecule has 3 aromatic rings. The van der Waals surface area contributed by atoms with Gasteiger partial charge in [0.25, 0.3) is 5.91 Å². The first kappa shape index (κ1) is 23.0. The van der Waals surface area contributed by atoms with Gasteiger partial charge in [-0.25, -0.2) is 4.79 Å². The second-order valence-electron chi connectivity index (χ2n) is 6.90. The van der Waals surface area contributed by atoms with Crippen molar-refractivity contribution in [3.05, 3.63) is 81.9 Å². The van der Waals surface area contributed by atoms with Gasteiger partial charge in [0.2, 0.25) is 11.7 Å². The number of rotatable bonds is 10. The second kappa shape index (κ2) is 11.1. The molecule has 0 saturated carbocycles. The second-order valence-corrected chi connectivity index (χ2v) is 8.07. The number of nitrogens with one attached hydrogen (secondary N) is 2. The first-order chi connectivity index (χ1) is 15.4. The maximum atomic E-state index is 12.7. The maximum absolute atomic E-state index is 12.7. The van der Waals surface area contributed by atoms with Gasteiger partial charge in [-0.15, -0.1) is 11.3 Å². The highest BCUT2D eigenvalue weighted by Crippen LogP contribution is 2.17. The molecule has 0 aliphatic carbocycles. The van der Waals surface area contributed by atoms with Gasteiger partial charge in [-0.3, -0.25) is 14.4 Å². The van der Waals surface area contributed by atoms with Crippen LogP contribution >= 0.6 is 11.3 Å². The van der Waals surface area contributed by atoms with Crippen molar-refractivity contribution in [1.82, 2.24) is 10.6 Å². The number of hydrogen-bond donors (Lipinski definition) is 2. The molecule has 1 atom stereocenters. The maximum Gasteiger partial charge on any atom is 0.329 e. The molecule has 1 aromatic carbocycles. The molecule has 32 heavy (non-hydrogen) atoms. The van der Waals surface area contributed by atoms with Crippen LogP contribution in [0.5, 0.6) is 0 Å². The van der Waals surface area contributed by atoms with Gasteiger partial charge in [-0.2, -0.15) is 0 Å². The van der Waals surface area contributed by atoms with E-state index < -0.39 is 24.5 Å². The van der Waals surface area contributed by atoms with Crippen LogP contribution in [0.15, 0.2) is 65.3 Å². The smallest absolute Gasteiger partial charge is 0.329 e. The number of esters is 1. The molecule has 9 heteroatoms. The van der Waals surface area contributed by atoms with Gasteiger partial charge < -0.3 is 19.8 Å². The Morgan fingerprint density at radius 1 is 1.03 bits per heavy atom. The summed E-state index contributed by atoms with van der Waals surface area (Å²) in [6.07, 6.45) is 1.56. The third-order valence-electron chi connectivity index (χ3n) is 4.41. The van der Waals surface area contributed by atoms with E-state index in [0.29, 0.717) is 11.4 Å². The Morgan fingerprint density at radius 3 is 2.50 bits per heavy atom. The summed E-state index contributed by atoms with van der Waals surface area (Å²) in [5.41, 5.74) is 0.821. The Labute approximate surface area is 188 Å². The van der Waals surface area contributed by atoms with E-state index in [1.807, 2.05) is 30.3 Å². The van der Waals surface area contributed by atoms with E-state index in [4.69, 9.17) is 9.15 Å². The van der Waals surface area contributed by atoms with Crippen molar-refractivity contribution in [2.45, 2.75) is 25.9 Å². The van der Waals surface area contributed by atoms with Gasteiger partial charge in [-0.1, -0.05) is 30.3 Å². The van der Waals surface area contributed by atoms with Crippen LogP contribution in [0.3, 0.4) is 0 Å². The van der Waals surface area contributed by atoms with E-state index in [9.17, 15) is 19.2 Å². The molecule has 0 aliphatic rings. The fourth-order valence-electron chi connectivity index (χ4n) is 2.82. The zero-order chi connectivity index (χ0) is 22.9. The highest BCUT2D eigenvalue weighted by molar-refractivity contribution is 7.14. The molecule has 0 bridgehead atoms. The van der Waals surface area contributed by atoms with Crippen LogP contribution in [0, 0.1) is 0 Å². The summed E-state index contributed by atoms with van der Waals surface area (Å²) in [6, 6.07) is 14.6. The molecular formula is C23H22N2O6S. The van der Waals surface area contributed by atoms with Crippen LogP contribution < -0.4 is 10.6 Å². The summed E-state index contributed by atoms with van der Waals surface area (Å²) in [5, 5.41) is 5.27. The summed E-state index contributed by atoms with van der Waals surface area (Å²) in [6.45, 7) is 1.28. The lowest BCUT2D eigenvalue weighted by Gasteiger charge is -2.17. The topological polar surface area (TPSA) is 115 Å². The number of furan rings is 1. The van der Waals surface area contributed by atoms with E-state index in [1.54, 1.807) is 18.2 Å². The minimum absolute atomic E-state index is 0.0669. The van der Waals surface area contributed by atoms with Crippen molar-refractivity contribution in [2.75, 3.05) is 6.61 Å². The number of hydrogen-bond acceptors (Lipinski definition) is 7. The van der Waals surface area contributed by atoms with Crippen molar-refractivity contribution in [3.63, 3.8) is 0 Å². The number of thiophene rings is 1. The molecule has 2 amide bonds. The minimum atomic E-state index is -0.999. The number of ketones is 1. The number of carbonyl (C=O) groups is 4. The minimum Gasteiger partial charge on any atom is -0.459 e. The molecule has 0 radical (unpaired) electrons. The summed E-state index contributed by atoms with van der Waals surface area (Å²) in [5.74, 6) is -1.75. The third kappa shape index (κ3) is 6.64. The average Bonchev–Trinajstić information content (AvgIpc) is 3.48. The zero-order valence-electron chi connectivity index (χ0n) is 17.3. The lowest BCUT2D eigenvalue weighted by atomic mass is 10.1. The monoisotopic (exact) mass is 454 g/mol. The Balaban J connectivity index is 1.61. The summed E-state index contributed by atoms with van der Waals surface area (Å²) >= 11 is 1.22. The summed E-state index contributed by atoms with van der Waals surface area (Å²) in [4.78, 5) is 49.8. The van der Waals surface area contributed by atoms with Crippen LogP contribution in [0.4, 0.5) is 0 Å². The van der Waals surface area contributed by atoms with Crippen molar-refractivity contribution >= 4 is 34.9 Å². The SMILES string of the molecule is CC(=O)NCc1ccc(C(=O)COC(=O)[C@H](Cc2ccccc2)NC(=O)c2ccco2)s1. The summed E-state index contributed by atoms with van der Waals surface area (Å²) in [7, 11) is 0. The fraction of sp³-hybridized carbons (Fsp3) is 0.217. The number of Topliss-reactive ketones (excluding diaryl/α,β-unsaturated/α-hetero) is 1. The lowest BCUT2D eigenvalue weighted by Crippen LogP contribution is -2.43. The van der Waals surface area contributed by atoms with E-state index >= 15 is 0 Å². The Kier molecular flexibility index (Phi) is 7.93. The Hall–Kier alpha value is -3.72. The number of carbonyl (C=O) groups excluding carboxylic acids is 4. The molecule has 2 heterocycles. The van der Waals surface area contributed by atoms with Gasteiger partial charge >= 0.3 is 5.97 Å². The molecule has 2 aromatic heterocycles. The Morgan fingerprint density at radius 2 is 1.81 bits per heavy atom. The zero-order valence-corrected chi connectivity index (χ0v) is 18.1. The number of ether oxygens (including phenoxy) is 1. The quantitative estimate of drug-likeness (QED) is 0.360. The highest BCUT2D eigenvalue weighted by Gasteiger charge is 2.25. The van der Waals surface area contributed by atoms with Crippen LogP contribution in [-0.4, -0.2) is 36.2 Å². The average molecular weight is 455 g/mol. The van der Waals surface area contributed by atoms with Crippen LogP contribution in [-0.2, 0) is 27.3 Å². The van der Waals surface area contributed by atoms with Crippen LogP contribution in [0.25, 0.3) is 0 Å². The third-order valence-corrected chi connectivity index (χ3v) is 5.54. The Bertz CT molecular complexity index is 1080. The van der Waals surface area contributed by atoms with E-state index in [1.165, 1.54) is 30.6 Å². The number of amides is 2. The molecule has 0 aliphatic heterocycles. The first-order valence-corrected chi connectivity index (χ1v) is 10.7. The molecule has 0 fully saturated rings. The van der Waals surface area contributed by atoms with Crippen LogP contribution in [0.1, 0.15) is 37.6 Å². The standard InChI is InChI=1S/C23H22N2O6S/c1-15(26)24-13-17-9-10-21(32-17)19(27)14-31-23(29)18(12-16-6-3-2-4-7-16)25-22(28)20-8-5-11-30-20/h2-11,18H,12-14H2,1H3,(H,24,26)(H,25,28)/t18-/m0/s1. The predicted octanol–water partition coefficient (Wildman–Crippen LogP) is 2.74. The van der Waals surface area contributed by atoms with Gasteiger partial charge in [0.15, 0.2) is 12.4 Å². The molecule has 0 spiro atoms. The van der Waals surface area contributed by atoms with Gasteiger partial charge in [-0.05, 0) is 29.8 Å². The molecule has 166 valence electrons. The van der Waals surface area contributed by atoms with Gasteiger partial charge in [0, 0.05) is 18.2 Å². The van der Waals surface area contributed by atoms with Gasteiger partial charge in [0.05, 0.1) is 17.7 Å². The van der Waals surface area contributed by atoms with Crippen LogP contribution in [0.2, 0.25) is 0 Å². The van der Waals surface area contributed by atoms with Crippen molar-refractivity contribution in [1.29, 1.82) is 0 Å². The predicted molar refractivity (Wildman–Crippen MR) is 117 cm³/mol. The molecular weight excluding hydrogens is 432 g/mol. The molecule has 8 nitrogen and oxygen atoms in total. The van der Waals surface area contributed by atoms with Gasteiger partial charge in [0.1, 0.15) is 6.04 Å². The van der Waals surface area contributed by atoms with Crippen molar-refractivity contribution in [2.24, 2.45) is 0 Å². The molecule has 0 saturated heterocycles. The van der Waals surface area contributed by atoms with E-state index in [-0.39, 0.29) is 23.9 Å². The molecule has 0 unspecified atom stereocenters. The van der Waals surface area contributed by atoms with Crippen molar-refractivity contribution in [3.8, 4) is 0 Å². The fourth-order valence-corrected chi connectivity index (χ4v) is 3.69. The van der Waals surface area contributed by atoms with E-state index in [2.05, 4.69) is 10.6 Å². The highest BCUT2D eigenvalue weighted by atomic mass is 32.1. The largest absolute Gasteiger partial charge is 0.459 e. The first-order valence-electron chi connectivity index (χ1n) is 9.83. The van der Waals surface area contributed by atoms with E-state index in [0.717, 1.165) is 10.4 Å². The summed E-state index contributed by atoms with van der Waals surface area (Å²) < 4.78 is 10.3. The molecule has 2 N–H and O–H groups in total. The normalized spacial score (nSPS) is 11.4. The lowest BCUT2D eigenvalue weighted by molar-refractivity contribution is -0.144. The molecule has 3 rings (SSSR count). The van der Waals surface area contributed by atoms with Crippen molar-refractivity contribution < 1.29 is 28.3 Å².